The first-order chi connectivity index (χ1) is 4.88. The van der Waals surface area contributed by atoms with Crippen molar-refractivity contribution in [3.05, 3.63) is 0 Å². The average Bonchev–Trinajstić information content (AvgIpc) is 2.43. The molecule has 1 aliphatic rings. The van der Waals surface area contributed by atoms with E-state index in [4.69, 9.17) is 0 Å². The smallest absolute Gasteiger partial charge is 0.222 e. The minimum absolute atomic E-state index is 0.877. The summed E-state index contributed by atoms with van der Waals surface area (Å²) in [4.78, 5) is 2.64. The second-order valence-electron chi connectivity index (χ2n) is 3.21. The van der Waals surface area contributed by atoms with Crippen LogP contribution in [0.3, 0.4) is 0 Å². The van der Waals surface area contributed by atoms with E-state index < -0.39 is 0 Å². The molecule has 2 heteroatoms. The maximum absolute atomic E-state index is 2.64. The lowest BCUT2D eigenvalue weighted by Crippen LogP contribution is -2.35. The quantitative estimate of drug-likeness (QED) is 0.541. The van der Waals surface area contributed by atoms with Gasteiger partial charge in [0.2, 0.25) is 6.85 Å². The van der Waals surface area contributed by atoms with Crippen LogP contribution in [0.2, 0.25) is 12.6 Å². The Kier molecular flexibility index (Phi) is 3.27. The van der Waals surface area contributed by atoms with Crippen LogP contribution in [-0.2, 0) is 0 Å². The van der Waals surface area contributed by atoms with Crippen LogP contribution in [0.25, 0.3) is 0 Å². The molecule has 1 heterocycles. The number of rotatable bonds is 3. The molecule has 1 saturated heterocycles. The number of hydrogen-bond acceptors (Lipinski definition) is 1. The maximum Gasteiger partial charge on any atom is 0.222 e. The third kappa shape index (κ3) is 1.75. The first-order valence-corrected chi connectivity index (χ1v) is 4.62. The second-order valence-corrected chi connectivity index (χ2v) is 3.21. The standard InChI is InChI=1S/C8H18BN/c1-3-9(4-2)10-7-5-6-8-10/h3-8H2,1-2H3. The molecule has 0 unspecified atom stereocenters. The van der Waals surface area contributed by atoms with Crippen molar-refractivity contribution in [2.45, 2.75) is 39.3 Å². The molecule has 1 rings (SSSR count). The van der Waals surface area contributed by atoms with Crippen molar-refractivity contribution in [2.75, 3.05) is 13.1 Å². The Hall–Kier alpha value is 0.0249. The van der Waals surface area contributed by atoms with E-state index in [1.54, 1.807) is 0 Å². The van der Waals surface area contributed by atoms with E-state index in [1.807, 2.05) is 0 Å². The summed E-state index contributed by atoms with van der Waals surface area (Å²) in [6, 6.07) is 0. The summed E-state index contributed by atoms with van der Waals surface area (Å²) < 4.78 is 0. The molecule has 0 bridgehead atoms. The molecule has 0 atom stereocenters. The fraction of sp³-hybridized carbons (Fsp3) is 1.00. The molecule has 0 spiro atoms. The van der Waals surface area contributed by atoms with Gasteiger partial charge in [-0.15, -0.1) is 0 Å². The van der Waals surface area contributed by atoms with Gasteiger partial charge in [-0.25, -0.2) is 0 Å². The van der Waals surface area contributed by atoms with Gasteiger partial charge in [0.05, 0.1) is 0 Å². The van der Waals surface area contributed by atoms with Crippen molar-refractivity contribution in [1.82, 2.24) is 4.81 Å². The predicted octanol–water partition coefficient (Wildman–Crippen LogP) is 2.11. The molecule has 0 aromatic heterocycles. The van der Waals surface area contributed by atoms with Crippen molar-refractivity contribution in [1.29, 1.82) is 0 Å². The molecule has 0 radical (unpaired) electrons. The van der Waals surface area contributed by atoms with Crippen LogP contribution in [0, 0.1) is 0 Å². The van der Waals surface area contributed by atoms with Crippen LogP contribution in [0.5, 0.6) is 0 Å². The van der Waals surface area contributed by atoms with Gasteiger partial charge in [0, 0.05) is 0 Å². The Morgan fingerprint density at radius 2 is 1.60 bits per heavy atom. The Bertz CT molecular complexity index is 85.3. The summed E-state index contributed by atoms with van der Waals surface area (Å²) >= 11 is 0. The minimum Gasteiger partial charge on any atom is -0.342 e. The molecule has 0 saturated carbocycles. The second kappa shape index (κ2) is 4.02. The Labute approximate surface area is 64.9 Å². The summed E-state index contributed by atoms with van der Waals surface area (Å²) in [6.45, 7) is 8.18. The van der Waals surface area contributed by atoms with Crippen LogP contribution in [0.4, 0.5) is 0 Å². The average molecular weight is 139 g/mol. The Morgan fingerprint density at radius 1 is 1.10 bits per heavy atom. The molecule has 58 valence electrons. The van der Waals surface area contributed by atoms with Crippen LogP contribution >= 0.6 is 0 Å². The van der Waals surface area contributed by atoms with Crippen LogP contribution in [0.15, 0.2) is 0 Å². The Morgan fingerprint density at radius 3 is 2.00 bits per heavy atom. The van der Waals surface area contributed by atoms with Gasteiger partial charge in [0.15, 0.2) is 0 Å². The highest BCUT2D eigenvalue weighted by Crippen LogP contribution is 2.13. The summed E-state index contributed by atoms with van der Waals surface area (Å²) in [5.41, 5.74) is 0. The largest absolute Gasteiger partial charge is 0.342 e. The molecule has 0 N–H and O–H groups in total. The monoisotopic (exact) mass is 139 g/mol. The van der Waals surface area contributed by atoms with E-state index in [-0.39, 0.29) is 0 Å². The number of hydrogen-bond donors (Lipinski definition) is 0. The van der Waals surface area contributed by atoms with Crippen molar-refractivity contribution in [3.8, 4) is 0 Å². The predicted molar refractivity (Wildman–Crippen MR) is 47.5 cm³/mol. The highest BCUT2D eigenvalue weighted by atomic mass is 15.1. The topological polar surface area (TPSA) is 3.24 Å². The van der Waals surface area contributed by atoms with Crippen molar-refractivity contribution in [3.63, 3.8) is 0 Å². The highest BCUT2D eigenvalue weighted by molar-refractivity contribution is 6.55. The van der Waals surface area contributed by atoms with E-state index in [1.165, 1.54) is 38.6 Å². The molecule has 0 aromatic carbocycles. The van der Waals surface area contributed by atoms with Gasteiger partial charge in [-0.1, -0.05) is 26.5 Å². The van der Waals surface area contributed by atoms with Gasteiger partial charge in [0.25, 0.3) is 0 Å². The number of nitrogens with zero attached hydrogens (tertiary/aromatic N) is 1. The van der Waals surface area contributed by atoms with Gasteiger partial charge in [0.1, 0.15) is 0 Å². The van der Waals surface area contributed by atoms with Gasteiger partial charge in [-0.2, -0.15) is 0 Å². The SMILES string of the molecule is CCB(CC)N1CCCC1. The summed E-state index contributed by atoms with van der Waals surface area (Å²) in [7, 11) is 0. The van der Waals surface area contributed by atoms with Gasteiger partial charge in [-0.3, -0.25) is 0 Å². The van der Waals surface area contributed by atoms with Crippen LogP contribution < -0.4 is 0 Å². The van der Waals surface area contributed by atoms with Gasteiger partial charge < -0.3 is 4.81 Å². The molecule has 10 heavy (non-hydrogen) atoms. The van der Waals surface area contributed by atoms with Gasteiger partial charge in [-0.05, 0) is 25.9 Å². The lowest BCUT2D eigenvalue weighted by Gasteiger charge is -2.21. The van der Waals surface area contributed by atoms with Crippen LogP contribution in [-0.4, -0.2) is 24.7 Å². The van der Waals surface area contributed by atoms with E-state index in [9.17, 15) is 0 Å². The van der Waals surface area contributed by atoms with E-state index >= 15 is 0 Å². The van der Waals surface area contributed by atoms with Crippen molar-refractivity contribution < 1.29 is 0 Å². The summed E-state index contributed by atoms with van der Waals surface area (Å²) in [5.74, 6) is 0. The van der Waals surface area contributed by atoms with Crippen LogP contribution in [0.1, 0.15) is 26.7 Å². The molecule has 1 nitrogen and oxygen atoms in total. The highest BCUT2D eigenvalue weighted by Gasteiger charge is 2.21. The first kappa shape index (κ1) is 8.12. The lowest BCUT2D eigenvalue weighted by molar-refractivity contribution is 0.531. The zero-order valence-electron chi connectivity index (χ0n) is 7.27. The molecule has 0 amide bonds. The molecule has 0 aliphatic carbocycles. The molecular weight excluding hydrogens is 121 g/mol. The van der Waals surface area contributed by atoms with E-state index in [2.05, 4.69) is 18.7 Å². The normalized spacial score (nSPS) is 19.8. The molecular formula is C8H18BN. The van der Waals surface area contributed by atoms with E-state index in [0.29, 0.717) is 0 Å². The van der Waals surface area contributed by atoms with E-state index in [0.717, 1.165) is 6.85 Å². The zero-order valence-corrected chi connectivity index (χ0v) is 7.27. The fourth-order valence-electron chi connectivity index (χ4n) is 1.91. The minimum atomic E-state index is 0.877. The Balaban J connectivity index is 2.29. The third-order valence-electron chi connectivity index (χ3n) is 2.60. The zero-order chi connectivity index (χ0) is 7.40. The summed E-state index contributed by atoms with van der Waals surface area (Å²) in [5, 5.41) is 0. The maximum atomic E-state index is 2.64. The summed E-state index contributed by atoms with van der Waals surface area (Å²) in [6.07, 6.45) is 5.51. The molecule has 1 fully saturated rings. The molecule has 0 aromatic rings. The lowest BCUT2D eigenvalue weighted by atomic mass is 9.55. The third-order valence-corrected chi connectivity index (χ3v) is 2.60. The van der Waals surface area contributed by atoms with Gasteiger partial charge >= 0.3 is 0 Å². The first-order valence-electron chi connectivity index (χ1n) is 4.62. The van der Waals surface area contributed by atoms with Crippen molar-refractivity contribution in [2.24, 2.45) is 0 Å². The fourth-order valence-corrected chi connectivity index (χ4v) is 1.91. The van der Waals surface area contributed by atoms with Crippen molar-refractivity contribution >= 4 is 6.85 Å². The molecule has 1 aliphatic heterocycles.